The summed E-state index contributed by atoms with van der Waals surface area (Å²) in [6.45, 7) is 4.56. The largest absolute Gasteiger partial charge is 0.317 e. The minimum Gasteiger partial charge on any atom is -0.317 e. The third-order valence-electron chi connectivity index (χ3n) is 3.38. The summed E-state index contributed by atoms with van der Waals surface area (Å²) < 4.78 is 0. The summed E-state index contributed by atoms with van der Waals surface area (Å²) in [5.74, 6) is 0. The fourth-order valence-electron chi connectivity index (χ4n) is 2.16. The summed E-state index contributed by atoms with van der Waals surface area (Å²) in [7, 11) is 0. The van der Waals surface area contributed by atoms with Crippen LogP contribution >= 0.6 is 0 Å². The zero-order chi connectivity index (χ0) is 13.3. The van der Waals surface area contributed by atoms with E-state index < -0.39 is 0 Å². The van der Waals surface area contributed by atoms with Gasteiger partial charge < -0.3 is 10.1 Å². The predicted molar refractivity (Wildman–Crippen MR) is 80.0 cm³/mol. The summed E-state index contributed by atoms with van der Waals surface area (Å²) in [5, 5.41) is 3.49. The molecule has 2 heteroatoms. The van der Waals surface area contributed by atoms with E-state index >= 15 is 0 Å². The van der Waals surface area contributed by atoms with Gasteiger partial charge in [-0.05, 0) is 32.4 Å². The normalized spacial score (nSPS) is 10.7. The van der Waals surface area contributed by atoms with Crippen LogP contribution in [-0.2, 0) is 4.79 Å². The summed E-state index contributed by atoms with van der Waals surface area (Å²) in [6.07, 6.45) is 16.3. The van der Waals surface area contributed by atoms with Crippen molar-refractivity contribution in [3.05, 3.63) is 0 Å². The van der Waals surface area contributed by atoms with Crippen molar-refractivity contribution in [2.24, 2.45) is 0 Å². The molecule has 2 nitrogen and oxygen atoms in total. The highest BCUT2D eigenvalue weighted by molar-refractivity contribution is 5.48. The fourth-order valence-corrected chi connectivity index (χ4v) is 2.16. The summed E-state index contributed by atoms with van der Waals surface area (Å²) >= 11 is 0. The van der Waals surface area contributed by atoms with Crippen LogP contribution in [0.4, 0.5) is 0 Å². The van der Waals surface area contributed by atoms with Crippen molar-refractivity contribution >= 4 is 6.29 Å². The number of unbranched alkanes of at least 4 members (excludes halogenated alkanes) is 10. The number of aldehydes is 1. The van der Waals surface area contributed by atoms with Crippen molar-refractivity contribution in [3.63, 3.8) is 0 Å². The number of hydrogen-bond acceptors (Lipinski definition) is 2. The Labute approximate surface area is 114 Å². The van der Waals surface area contributed by atoms with Crippen molar-refractivity contribution < 1.29 is 4.79 Å². The van der Waals surface area contributed by atoms with E-state index in [1.165, 1.54) is 70.8 Å². The molecule has 18 heavy (non-hydrogen) atoms. The summed E-state index contributed by atoms with van der Waals surface area (Å²) in [5.41, 5.74) is 0. The van der Waals surface area contributed by atoms with Crippen molar-refractivity contribution in [2.75, 3.05) is 13.1 Å². The Morgan fingerprint density at radius 2 is 1.22 bits per heavy atom. The average molecular weight is 255 g/mol. The van der Waals surface area contributed by atoms with Crippen LogP contribution in [0.15, 0.2) is 0 Å². The molecule has 0 aromatic heterocycles. The van der Waals surface area contributed by atoms with Gasteiger partial charge in [0, 0.05) is 6.42 Å². The molecule has 0 atom stereocenters. The molecule has 0 aliphatic rings. The van der Waals surface area contributed by atoms with Crippen molar-refractivity contribution in [1.82, 2.24) is 5.32 Å². The molecule has 108 valence electrons. The zero-order valence-electron chi connectivity index (χ0n) is 12.4. The van der Waals surface area contributed by atoms with Gasteiger partial charge in [0.15, 0.2) is 0 Å². The number of nitrogens with one attached hydrogen (secondary N) is 1. The van der Waals surface area contributed by atoms with Gasteiger partial charge in [0.05, 0.1) is 0 Å². The molecule has 0 fully saturated rings. The molecule has 0 heterocycles. The van der Waals surface area contributed by atoms with E-state index in [1.54, 1.807) is 0 Å². The predicted octanol–water partition coefficient (Wildman–Crippen LogP) is 4.48. The maximum atomic E-state index is 10.1. The molecule has 0 amide bonds. The molecule has 0 unspecified atom stereocenters. The Balaban J connectivity index is 2.88. The van der Waals surface area contributed by atoms with Gasteiger partial charge in [-0.3, -0.25) is 0 Å². The number of hydrogen-bond donors (Lipinski definition) is 1. The van der Waals surface area contributed by atoms with Crippen LogP contribution in [-0.4, -0.2) is 19.4 Å². The minimum absolute atomic E-state index is 0.734. The highest BCUT2D eigenvalue weighted by Crippen LogP contribution is 2.07. The first-order chi connectivity index (χ1) is 8.91. The Hall–Kier alpha value is -0.370. The number of carbonyl (C=O) groups is 1. The van der Waals surface area contributed by atoms with Gasteiger partial charge in [0.1, 0.15) is 6.29 Å². The molecule has 0 spiro atoms. The minimum atomic E-state index is 0.734. The van der Waals surface area contributed by atoms with Gasteiger partial charge in [-0.15, -0.1) is 0 Å². The Kier molecular flexibility index (Phi) is 16.3. The second-order valence-corrected chi connectivity index (χ2v) is 5.24. The highest BCUT2D eigenvalue weighted by atomic mass is 16.1. The van der Waals surface area contributed by atoms with E-state index in [0.717, 1.165) is 25.7 Å². The van der Waals surface area contributed by atoms with Crippen molar-refractivity contribution in [3.8, 4) is 0 Å². The Bertz CT molecular complexity index is 159. The smallest absolute Gasteiger partial charge is 0.119 e. The van der Waals surface area contributed by atoms with Crippen LogP contribution in [0.5, 0.6) is 0 Å². The molecule has 0 bridgehead atoms. The molecule has 0 aromatic carbocycles. The van der Waals surface area contributed by atoms with Gasteiger partial charge in [0.25, 0.3) is 0 Å². The standard InChI is InChI=1S/C16H33NO/c1-2-3-4-5-6-7-8-11-14-17-15-12-9-10-13-16-18/h16-17H,2-15H2,1H3. The molecular formula is C16H33NO. The molecule has 1 N–H and O–H groups in total. The summed E-state index contributed by atoms with van der Waals surface area (Å²) in [4.78, 5) is 10.1. The van der Waals surface area contributed by atoms with E-state index in [-0.39, 0.29) is 0 Å². The second-order valence-electron chi connectivity index (χ2n) is 5.24. The molecular weight excluding hydrogens is 222 g/mol. The molecule has 0 radical (unpaired) electrons. The van der Waals surface area contributed by atoms with E-state index in [4.69, 9.17) is 0 Å². The van der Waals surface area contributed by atoms with E-state index in [1.807, 2.05) is 0 Å². The fraction of sp³-hybridized carbons (Fsp3) is 0.938. The van der Waals surface area contributed by atoms with E-state index in [9.17, 15) is 4.79 Å². The van der Waals surface area contributed by atoms with Gasteiger partial charge >= 0.3 is 0 Å². The first-order valence-corrected chi connectivity index (χ1v) is 8.06. The third-order valence-corrected chi connectivity index (χ3v) is 3.38. The van der Waals surface area contributed by atoms with E-state index in [2.05, 4.69) is 12.2 Å². The first kappa shape index (κ1) is 17.6. The van der Waals surface area contributed by atoms with Crippen molar-refractivity contribution in [2.45, 2.75) is 84.0 Å². The lowest BCUT2D eigenvalue weighted by Crippen LogP contribution is -2.16. The maximum Gasteiger partial charge on any atom is 0.119 e. The van der Waals surface area contributed by atoms with Crippen LogP contribution in [0, 0.1) is 0 Å². The van der Waals surface area contributed by atoms with Gasteiger partial charge in [-0.25, -0.2) is 0 Å². The molecule has 0 aliphatic carbocycles. The molecule has 0 saturated heterocycles. The van der Waals surface area contributed by atoms with Crippen molar-refractivity contribution in [1.29, 1.82) is 0 Å². The summed E-state index contributed by atoms with van der Waals surface area (Å²) in [6, 6.07) is 0. The average Bonchev–Trinajstić information content (AvgIpc) is 2.39. The SMILES string of the molecule is CCCCCCCCCCNCCCCCC=O. The van der Waals surface area contributed by atoms with Crippen LogP contribution in [0.3, 0.4) is 0 Å². The number of rotatable bonds is 15. The number of carbonyl (C=O) groups excluding carboxylic acids is 1. The van der Waals surface area contributed by atoms with E-state index in [0.29, 0.717) is 0 Å². The molecule has 0 rings (SSSR count). The Morgan fingerprint density at radius 3 is 1.78 bits per heavy atom. The van der Waals surface area contributed by atoms with Crippen LogP contribution < -0.4 is 5.32 Å². The quantitative estimate of drug-likeness (QED) is 0.345. The lowest BCUT2D eigenvalue weighted by atomic mass is 10.1. The second kappa shape index (κ2) is 16.6. The van der Waals surface area contributed by atoms with Gasteiger partial charge in [-0.1, -0.05) is 58.3 Å². The van der Waals surface area contributed by atoms with Crippen LogP contribution in [0.25, 0.3) is 0 Å². The monoisotopic (exact) mass is 255 g/mol. The van der Waals surface area contributed by atoms with Crippen LogP contribution in [0.1, 0.15) is 84.0 Å². The van der Waals surface area contributed by atoms with Gasteiger partial charge in [0.2, 0.25) is 0 Å². The molecule has 0 aliphatic heterocycles. The Morgan fingerprint density at radius 1 is 0.722 bits per heavy atom. The lowest BCUT2D eigenvalue weighted by Gasteiger charge is -2.04. The molecule has 0 saturated carbocycles. The lowest BCUT2D eigenvalue weighted by molar-refractivity contribution is -0.107. The third kappa shape index (κ3) is 15.6. The maximum absolute atomic E-state index is 10.1. The topological polar surface area (TPSA) is 29.1 Å². The molecule has 0 aromatic rings. The zero-order valence-corrected chi connectivity index (χ0v) is 12.4. The highest BCUT2D eigenvalue weighted by Gasteiger charge is 1.92. The van der Waals surface area contributed by atoms with Crippen LogP contribution in [0.2, 0.25) is 0 Å². The first-order valence-electron chi connectivity index (χ1n) is 8.06. The van der Waals surface area contributed by atoms with Gasteiger partial charge in [-0.2, -0.15) is 0 Å².